The molecule has 0 aliphatic carbocycles. The van der Waals surface area contributed by atoms with Gasteiger partial charge in [-0.05, 0) is 52.5 Å². The molecule has 3 unspecified atom stereocenters. The summed E-state index contributed by atoms with van der Waals surface area (Å²) in [5, 5.41) is 0. The van der Waals surface area contributed by atoms with Crippen molar-refractivity contribution >= 4 is 22.9 Å². The fraction of sp³-hybridized carbons (Fsp3) is 0.714. The van der Waals surface area contributed by atoms with E-state index in [9.17, 15) is 0 Å². The quantitative estimate of drug-likeness (QED) is 0.928. The van der Waals surface area contributed by atoms with E-state index < -0.39 is 0 Å². The van der Waals surface area contributed by atoms with Crippen molar-refractivity contribution in [3.63, 3.8) is 0 Å². The van der Waals surface area contributed by atoms with Gasteiger partial charge in [-0.1, -0.05) is 11.6 Å². The van der Waals surface area contributed by atoms with Crippen molar-refractivity contribution in [1.82, 2.24) is 9.80 Å². The Morgan fingerprint density at radius 3 is 2.79 bits per heavy atom. The standard InChI is InChI=1S/C14H24ClN3S/c1-10(16)14(12-6-7-13(15)19-12)18(3)11-5-4-8-17(2)9-11/h6-7,10-11,14H,4-5,8-9,16H2,1-3H3. The molecule has 3 nitrogen and oxygen atoms in total. The van der Waals surface area contributed by atoms with Crippen LogP contribution >= 0.6 is 22.9 Å². The van der Waals surface area contributed by atoms with Crippen LogP contribution < -0.4 is 5.73 Å². The van der Waals surface area contributed by atoms with Gasteiger partial charge in [0.1, 0.15) is 0 Å². The lowest BCUT2D eigenvalue weighted by atomic mass is 10.00. The number of rotatable bonds is 4. The normalized spacial score (nSPS) is 24.6. The summed E-state index contributed by atoms with van der Waals surface area (Å²) < 4.78 is 0.842. The molecule has 0 radical (unpaired) electrons. The van der Waals surface area contributed by atoms with Crippen LogP contribution in [0.5, 0.6) is 0 Å². The van der Waals surface area contributed by atoms with Crippen molar-refractivity contribution in [2.24, 2.45) is 5.73 Å². The van der Waals surface area contributed by atoms with Crippen molar-refractivity contribution in [3.05, 3.63) is 21.3 Å². The zero-order valence-electron chi connectivity index (χ0n) is 12.0. The van der Waals surface area contributed by atoms with Gasteiger partial charge in [-0.2, -0.15) is 0 Å². The SMILES string of the molecule is CC(N)C(c1ccc(Cl)s1)N(C)C1CCCN(C)C1. The second kappa shape index (κ2) is 6.55. The number of hydrogen-bond acceptors (Lipinski definition) is 4. The molecule has 1 aromatic rings. The van der Waals surface area contributed by atoms with E-state index >= 15 is 0 Å². The lowest BCUT2D eigenvalue weighted by Gasteiger charge is -2.41. The molecular formula is C14H24ClN3S. The van der Waals surface area contributed by atoms with Gasteiger partial charge in [0.2, 0.25) is 0 Å². The van der Waals surface area contributed by atoms with E-state index in [0.29, 0.717) is 6.04 Å². The molecule has 2 N–H and O–H groups in total. The monoisotopic (exact) mass is 301 g/mol. The maximum absolute atomic E-state index is 6.23. The van der Waals surface area contributed by atoms with E-state index in [0.717, 1.165) is 10.9 Å². The number of piperidine rings is 1. The second-order valence-electron chi connectivity index (χ2n) is 5.67. The van der Waals surface area contributed by atoms with Gasteiger partial charge in [0.05, 0.1) is 10.4 Å². The fourth-order valence-electron chi connectivity index (χ4n) is 3.02. The molecule has 19 heavy (non-hydrogen) atoms. The molecule has 0 amide bonds. The molecule has 0 saturated carbocycles. The molecule has 0 bridgehead atoms. The lowest BCUT2D eigenvalue weighted by molar-refractivity contribution is 0.0907. The third kappa shape index (κ3) is 3.70. The van der Waals surface area contributed by atoms with Gasteiger partial charge in [0.15, 0.2) is 0 Å². The third-order valence-corrected chi connectivity index (χ3v) is 5.30. The molecule has 3 atom stereocenters. The van der Waals surface area contributed by atoms with E-state index in [-0.39, 0.29) is 12.1 Å². The minimum Gasteiger partial charge on any atom is -0.326 e. The average molecular weight is 302 g/mol. The molecule has 5 heteroatoms. The maximum Gasteiger partial charge on any atom is 0.0931 e. The van der Waals surface area contributed by atoms with Crippen LogP contribution in [0, 0.1) is 0 Å². The Morgan fingerprint density at radius 1 is 1.53 bits per heavy atom. The Labute approximate surface area is 125 Å². The lowest BCUT2D eigenvalue weighted by Crippen LogP contribution is -2.49. The van der Waals surface area contributed by atoms with Gasteiger partial charge in [-0.25, -0.2) is 0 Å². The zero-order chi connectivity index (χ0) is 14.0. The first-order chi connectivity index (χ1) is 8.99. The summed E-state index contributed by atoms with van der Waals surface area (Å²) in [7, 11) is 4.40. The molecule has 1 aliphatic heterocycles. The Bertz CT molecular complexity index is 407. The van der Waals surface area contributed by atoms with Crippen molar-refractivity contribution < 1.29 is 0 Å². The van der Waals surface area contributed by atoms with Crippen LogP contribution in [0.3, 0.4) is 0 Å². The summed E-state index contributed by atoms with van der Waals surface area (Å²) in [6.45, 7) is 4.41. The molecule has 2 rings (SSSR count). The number of thiophene rings is 1. The van der Waals surface area contributed by atoms with E-state index in [1.165, 1.54) is 24.3 Å². The van der Waals surface area contributed by atoms with Crippen molar-refractivity contribution in [2.75, 3.05) is 27.2 Å². The molecule has 1 fully saturated rings. The Kier molecular flexibility index (Phi) is 5.26. The van der Waals surface area contributed by atoms with Crippen molar-refractivity contribution in [2.45, 2.75) is 37.9 Å². The van der Waals surface area contributed by atoms with E-state index in [4.69, 9.17) is 17.3 Å². The number of hydrogen-bond donors (Lipinski definition) is 1. The molecule has 108 valence electrons. The first-order valence-electron chi connectivity index (χ1n) is 6.90. The summed E-state index contributed by atoms with van der Waals surface area (Å²) >= 11 is 7.72. The topological polar surface area (TPSA) is 32.5 Å². The van der Waals surface area contributed by atoms with E-state index in [2.05, 4.69) is 36.9 Å². The largest absolute Gasteiger partial charge is 0.326 e. The molecule has 0 aromatic carbocycles. The van der Waals surface area contributed by atoms with Gasteiger partial charge in [-0.3, -0.25) is 4.90 Å². The molecule has 0 spiro atoms. The smallest absolute Gasteiger partial charge is 0.0931 e. The number of nitrogens with zero attached hydrogens (tertiary/aromatic N) is 2. The van der Waals surface area contributed by atoms with Gasteiger partial charge >= 0.3 is 0 Å². The number of halogens is 1. The Hall–Kier alpha value is -0.130. The fourth-order valence-corrected chi connectivity index (χ4v) is 4.35. The highest BCUT2D eigenvalue weighted by Crippen LogP contribution is 2.33. The minimum atomic E-state index is 0.104. The number of nitrogens with two attached hydrogens (primary N) is 1. The van der Waals surface area contributed by atoms with Crippen LogP contribution in [0.2, 0.25) is 4.34 Å². The van der Waals surface area contributed by atoms with Crippen molar-refractivity contribution in [3.8, 4) is 0 Å². The average Bonchev–Trinajstić information content (AvgIpc) is 2.75. The molecular weight excluding hydrogens is 278 g/mol. The zero-order valence-corrected chi connectivity index (χ0v) is 13.5. The summed E-state index contributed by atoms with van der Waals surface area (Å²) in [5.41, 5.74) is 6.23. The van der Waals surface area contributed by atoms with Gasteiger partial charge in [-0.15, -0.1) is 11.3 Å². The van der Waals surface area contributed by atoms with Crippen LogP contribution in [0.4, 0.5) is 0 Å². The summed E-state index contributed by atoms with van der Waals surface area (Å²) in [5.74, 6) is 0. The van der Waals surface area contributed by atoms with Crippen LogP contribution in [0.25, 0.3) is 0 Å². The summed E-state index contributed by atoms with van der Waals surface area (Å²) in [6.07, 6.45) is 2.52. The van der Waals surface area contributed by atoms with Crippen LogP contribution in [0.15, 0.2) is 12.1 Å². The Morgan fingerprint density at radius 2 is 2.26 bits per heavy atom. The second-order valence-corrected chi connectivity index (χ2v) is 7.42. The number of likely N-dealkylation sites (tertiary alicyclic amines) is 1. The van der Waals surface area contributed by atoms with E-state index in [1.807, 2.05) is 6.07 Å². The Balaban J connectivity index is 2.14. The van der Waals surface area contributed by atoms with Gasteiger partial charge < -0.3 is 10.6 Å². The van der Waals surface area contributed by atoms with E-state index in [1.54, 1.807) is 11.3 Å². The molecule has 1 saturated heterocycles. The van der Waals surface area contributed by atoms with Crippen LogP contribution in [-0.2, 0) is 0 Å². The van der Waals surface area contributed by atoms with Gasteiger partial charge in [0, 0.05) is 23.5 Å². The molecule has 2 heterocycles. The van der Waals surface area contributed by atoms with Crippen LogP contribution in [0.1, 0.15) is 30.7 Å². The van der Waals surface area contributed by atoms with Crippen molar-refractivity contribution in [1.29, 1.82) is 0 Å². The molecule has 1 aromatic heterocycles. The number of likely N-dealkylation sites (N-methyl/N-ethyl adjacent to an activating group) is 2. The third-order valence-electron chi connectivity index (χ3n) is 4.00. The molecule has 1 aliphatic rings. The minimum absolute atomic E-state index is 0.104. The first-order valence-corrected chi connectivity index (χ1v) is 8.09. The first kappa shape index (κ1) is 15.3. The maximum atomic E-state index is 6.23. The van der Waals surface area contributed by atoms with Gasteiger partial charge in [0.25, 0.3) is 0 Å². The highest BCUT2D eigenvalue weighted by Gasteiger charge is 2.30. The van der Waals surface area contributed by atoms with Crippen LogP contribution in [-0.4, -0.2) is 49.1 Å². The summed E-state index contributed by atoms with van der Waals surface area (Å²) in [6, 6.07) is 5.03. The predicted molar refractivity (Wildman–Crippen MR) is 84.0 cm³/mol. The predicted octanol–water partition coefficient (Wildman–Crippen LogP) is 2.82. The highest BCUT2D eigenvalue weighted by atomic mass is 35.5. The summed E-state index contributed by atoms with van der Waals surface area (Å²) in [4.78, 5) is 6.13. The highest BCUT2D eigenvalue weighted by molar-refractivity contribution is 7.16.